The van der Waals surface area contributed by atoms with E-state index in [-0.39, 0.29) is 0 Å². The molecule has 0 bridgehead atoms. The van der Waals surface area contributed by atoms with Gasteiger partial charge in [-0.3, -0.25) is 4.68 Å². The Labute approximate surface area is 118 Å². The van der Waals surface area contributed by atoms with Gasteiger partial charge >= 0.3 is 0 Å². The van der Waals surface area contributed by atoms with Crippen molar-refractivity contribution < 1.29 is 0 Å². The summed E-state index contributed by atoms with van der Waals surface area (Å²) in [5.41, 5.74) is 2.41. The highest BCUT2D eigenvalue weighted by atomic mass is 79.9. The summed E-state index contributed by atoms with van der Waals surface area (Å²) in [5, 5.41) is 8.01. The smallest absolute Gasteiger partial charge is 0.0766 e. The fourth-order valence-corrected chi connectivity index (χ4v) is 2.79. The largest absolute Gasteiger partial charge is 0.314 e. The summed E-state index contributed by atoms with van der Waals surface area (Å²) in [6, 6.07) is 0.816. The number of allylic oxidation sites excluding steroid dienone is 1. The van der Waals surface area contributed by atoms with Gasteiger partial charge in [-0.15, -0.1) is 0 Å². The maximum absolute atomic E-state index is 4.50. The molecule has 1 aromatic heterocycles. The van der Waals surface area contributed by atoms with Crippen LogP contribution in [0.2, 0.25) is 0 Å². The molecule has 1 N–H and O–H groups in total. The van der Waals surface area contributed by atoms with Crippen molar-refractivity contribution in [1.29, 1.82) is 0 Å². The molecule has 1 fully saturated rings. The van der Waals surface area contributed by atoms with Crippen LogP contribution in [0.1, 0.15) is 37.6 Å². The van der Waals surface area contributed by atoms with Crippen molar-refractivity contribution in [2.75, 3.05) is 6.54 Å². The van der Waals surface area contributed by atoms with Crippen LogP contribution in [0.4, 0.5) is 0 Å². The van der Waals surface area contributed by atoms with Gasteiger partial charge in [0.1, 0.15) is 0 Å². The minimum absolute atomic E-state index is 0.816. The monoisotopic (exact) mass is 311 g/mol. The lowest BCUT2D eigenvalue weighted by Gasteiger charge is -1.99. The first-order valence-electron chi connectivity index (χ1n) is 6.81. The van der Waals surface area contributed by atoms with E-state index in [0.29, 0.717) is 0 Å². The highest BCUT2D eigenvalue weighted by molar-refractivity contribution is 9.10. The second kappa shape index (κ2) is 6.53. The predicted molar refractivity (Wildman–Crippen MR) is 78.8 cm³/mol. The Balaban J connectivity index is 1.77. The van der Waals surface area contributed by atoms with Crippen molar-refractivity contribution in [1.82, 2.24) is 15.1 Å². The molecule has 18 heavy (non-hydrogen) atoms. The highest BCUT2D eigenvalue weighted by Crippen LogP contribution is 2.22. The van der Waals surface area contributed by atoms with Crippen molar-refractivity contribution in [2.24, 2.45) is 7.05 Å². The third-order valence-corrected chi connectivity index (χ3v) is 4.22. The molecule has 1 saturated carbocycles. The van der Waals surface area contributed by atoms with Crippen LogP contribution in [-0.2, 0) is 19.9 Å². The molecule has 0 amide bonds. The number of nitrogens with one attached hydrogen (secondary N) is 1. The van der Waals surface area contributed by atoms with Crippen molar-refractivity contribution in [3.63, 3.8) is 0 Å². The molecule has 0 aromatic carbocycles. The Morgan fingerprint density at radius 2 is 2.22 bits per heavy atom. The lowest BCUT2D eigenvalue weighted by atomic mass is 10.2. The van der Waals surface area contributed by atoms with Gasteiger partial charge in [0.25, 0.3) is 0 Å². The summed E-state index contributed by atoms with van der Waals surface area (Å²) in [4.78, 5) is 0. The molecule has 1 heterocycles. The first-order valence-corrected chi connectivity index (χ1v) is 7.60. The van der Waals surface area contributed by atoms with Gasteiger partial charge in [0, 0.05) is 19.5 Å². The zero-order valence-corrected chi connectivity index (χ0v) is 12.8. The zero-order valence-electron chi connectivity index (χ0n) is 11.2. The second-order valence-corrected chi connectivity index (χ2v) is 5.67. The zero-order chi connectivity index (χ0) is 13.0. The number of aromatic nitrogens is 2. The lowest BCUT2D eigenvalue weighted by molar-refractivity contribution is 0.688. The SMILES string of the molecule is CCc1nn(C)c(CC=CCCNC2CC2)c1Br. The van der Waals surface area contributed by atoms with Crippen LogP contribution in [0.3, 0.4) is 0 Å². The number of nitrogens with zero attached hydrogens (tertiary/aromatic N) is 2. The van der Waals surface area contributed by atoms with Crippen LogP contribution in [0.15, 0.2) is 16.6 Å². The van der Waals surface area contributed by atoms with Crippen LogP contribution < -0.4 is 5.32 Å². The predicted octanol–water partition coefficient (Wildman–Crippen LogP) is 2.99. The fourth-order valence-electron chi connectivity index (χ4n) is 2.01. The average molecular weight is 312 g/mol. The van der Waals surface area contributed by atoms with Gasteiger partial charge in [0.05, 0.1) is 15.9 Å². The molecule has 1 aliphatic rings. The minimum atomic E-state index is 0.816. The van der Waals surface area contributed by atoms with Gasteiger partial charge in [-0.1, -0.05) is 19.1 Å². The van der Waals surface area contributed by atoms with E-state index in [9.17, 15) is 0 Å². The quantitative estimate of drug-likeness (QED) is 0.620. The maximum atomic E-state index is 4.50. The molecule has 0 aliphatic heterocycles. The maximum Gasteiger partial charge on any atom is 0.0766 e. The molecule has 0 unspecified atom stereocenters. The van der Waals surface area contributed by atoms with Crippen molar-refractivity contribution in [3.8, 4) is 0 Å². The van der Waals surface area contributed by atoms with Crippen LogP contribution in [-0.4, -0.2) is 22.4 Å². The molecule has 1 aromatic rings. The van der Waals surface area contributed by atoms with Crippen LogP contribution in [0.5, 0.6) is 0 Å². The Kier molecular flexibility index (Phi) is 5.01. The van der Waals surface area contributed by atoms with E-state index >= 15 is 0 Å². The summed E-state index contributed by atoms with van der Waals surface area (Å²) in [6.07, 6.45) is 10.3. The standard InChI is InChI=1S/C14H22BrN3/c1-3-12-14(15)13(18(2)17-12)7-5-4-6-10-16-11-8-9-11/h4-5,11,16H,3,6-10H2,1-2H3. The molecule has 0 atom stereocenters. The van der Waals surface area contributed by atoms with Crippen LogP contribution in [0, 0.1) is 0 Å². The molecule has 4 heteroatoms. The molecule has 1 aliphatic carbocycles. The summed E-state index contributed by atoms with van der Waals surface area (Å²) in [7, 11) is 2.02. The van der Waals surface area contributed by atoms with E-state index in [1.165, 1.54) is 23.0 Å². The van der Waals surface area contributed by atoms with E-state index in [2.05, 4.69) is 45.4 Å². The number of rotatable bonds is 7. The summed E-state index contributed by atoms with van der Waals surface area (Å²) in [5.74, 6) is 0. The number of aryl methyl sites for hydroxylation is 2. The molecular weight excluding hydrogens is 290 g/mol. The summed E-state index contributed by atoms with van der Waals surface area (Å²) >= 11 is 3.64. The number of hydrogen-bond donors (Lipinski definition) is 1. The van der Waals surface area contributed by atoms with Crippen molar-refractivity contribution in [3.05, 3.63) is 28.0 Å². The van der Waals surface area contributed by atoms with Gasteiger partial charge in [-0.05, 0) is 48.2 Å². The van der Waals surface area contributed by atoms with Crippen molar-refractivity contribution in [2.45, 2.75) is 45.1 Å². The van der Waals surface area contributed by atoms with E-state index in [4.69, 9.17) is 0 Å². The van der Waals surface area contributed by atoms with E-state index in [0.717, 1.165) is 37.5 Å². The van der Waals surface area contributed by atoms with E-state index < -0.39 is 0 Å². The molecule has 0 spiro atoms. The van der Waals surface area contributed by atoms with Crippen molar-refractivity contribution >= 4 is 15.9 Å². The molecule has 0 radical (unpaired) electrons. The number of halogens is 1. The topological polar surface area (TPSA) is 29.9 Å². The molecule has 0 saturated heterocycles. The Morgan fingerprint density at radius 3 is 2.83 bits per heavy atom. The average Bonchev–Trinajstić information content (AvgIpc) is 3.13. The third-order valence-electron chi connectivity index (χ3n) is 3.30. The molecule has 3 nitrogen and oxygen atoms in total. The molecule has 2 rings (SSSR count). The van der Waals surface area contributed by atoms with E-state index in [1.54, 1.807) is 0 Å². The Morgan fingerprint density at radius 1 is 1.44 bits per heavy atom. The Bertz CT molecular complexity index is 419. The third kappa shape index (κ3) is 3.69. The summed E-state index contributed by atoms with van der Waals surface area (Å²) in [6.45, 7) is 3.24. The first kappa shape index (κ1) is 13.8. The lowest BCUT2D eigenvalue weighted by Crippen LogP contribution is -2.16. The summed E-state index contributed by atoms with van der Waals surface area (Å²) < 4.78 is 3.16. The second-order valence-electron chi connectivity index (χ2n) is 4.88. The van der Waals surface area contributed by atoms with Gasteiger partial charge in [0.2, 0.25) is 0 Å². The van der Waals surface area contributed by atoms with Crippen LogP contribution in [0.25, 0.3) is 0 Å². The van der Waals surface area contributed by atoms with Gasteiger partial charge in [-0.25, -0.2) is 0 Å². The van der Waals surface area contributed by atoms with Gasteiger partial charge < -0.3 is 5.32 Å². The van der Waals surface area contributed by atoms with E-state index in [1.807, 2.05) is 11.7 Å². The highest BCUT2D eigenvalue weighted by Gasteiger charge is 2.19. The normalized spacial score (nSPS) is 15.7. The minimum Gasteiger partial charge on any atom is -0.314 e. The van der Waals surface area contributed by atoms with Gasteiger partial charge in [-0.2, -0.15) is 5.10 Å². The first-order chi connectivity index (χ1) is 8.72. The fraction of sp³-hybridized carbons (Fsp3) is 0.643. The number of hydrogen-bond acceptors (Lipinski definition) is 2. The van der Waals surface area contributed by atoms with Gasteiger partial charge in [0.15, 0.2) is 0 Å². The molecular formula is C14H22BrN3. The Hall–Kier alpha value is -0.610. The molecule has 100 valence electrons. The van der Waals surface area contributed by atoms with Crippen LogP contribution >= 0.6 is 15.9 Å².